The minimum absolute atomic E-state index is 0.315. The fourth-order valence-electron chi connectivity index (χ4n) is 4.99. The number of fused-ring (bicyclic) bond motifs is 2. The van der Waals surface area contributed by atoms with Crippen molar-refractivity contribution in [2.45, 2.75) is 31.8 Å². The Morgan fingerprint density at radius 2 is 2.21 bits per heavy atom. The van der Waals surface area contributed by atoms with Gasteiger partial charge in [-0.05, 0) is 53.7 Å². The molecule has 1 aliphatic carbocycles. The first-order valence-electron chi connectivity index (χ1n) is 11.6. The summed E-state index contributed by atoms with van der Waals surface area (Å²) in [5.41, 5.74) is 7.75. The van der Waals surface area contributed by atoms with Crippen LogP contribution in [0.4, 0.5) is 0 Å². The zero-order chi connectivity index (χ0) is 23.5. The van der Waals surface area contributed by atoms with Gasteiger partial charge in [0, 0.05) is 55.2 Å². The van der Waals surface area contributed by atoms with E-state index in [2.05, 4.69) is 62.0 Å². The topological polar surface area (TPSA) is 86.2 Å². The van der Waals surface area contributed by atoms with Crippen molar-refractivity contribution < 1.29 is 10.0 Å². The Balaban J connectivity index is 1.39. The van der Waals surface area contributed by atoms with Crippen LogP contribution in [-0.2, 0) is 31.2 Å². The van der Waals surface area contributed by atoms with Crippen molar-refractivity contribution in [1.29, 1.82) is 0 Å². The average Bonchev–Trinajstić information content (AvgIpc) is 3.58. The number of hydrogen-bond donors (Lipinski definition) is 3. The van der Waals surface area contributed by atoms with E-state index in [9.17, 15) is 4.79 Å². The van der Waals surface area contributed by atoms with Crippen LogP contribution < -0.4 is 5.48 Å². The predicted octanol–water partition coefficient (Wildman–Crippen LogP) is 4.15. The normalized spacial score (nSPS) is 15.4. The van der Waals surface area contributed by atoms with Gasteiger partial charge in [0.1, 0.15) is 5.82 Å². The first-order chi connectivity index (χ1) is 16.6. The van der Waals surface area contributed by atoms with E-state index in [0.29, 0.717) is 6.04 Å². The van der Waals surface area contributed by atoms with Crippen molar-refractivity contribution in [3.8, 4) is 0 Å². The highest BCUT2D eigenvalue weighted by Gasteiger charge is 2.29. The highest BCUT2D eigenvalue weighted by molar-refractivity contribution is 5.90. The molecule has 4 aromatic rings. The summed E-state index contributed by atoms with van der Waals surface area (Å²) >= 11 is 0. The summed E-state index contributed by atoms with van der Waals surface area (Å²) in [6.45, 7) is 1.71. The van der Waals surface area contributed by atoms with Gasteiger partial charge in [0.15, 0.2) is 0 Å². The molecule has 2 aromatic carbocycles. The van der Waals surface area contributed by atoms with Crippen molar-refractivity contribution in [1.82, 2.24) is 24.9 Å². The van der Waals surface area contributed by atoms with Gasteiger partial charge in [-0.1, -0.05) is 36.4 Å². The number of hydrogen-bond acceptors (Lipinski definition) is 4. The minimum Gasteiger partial charge on any atom is -0.361 e. The highest BCUT2D eigenvalue weighted by atomic mass is 16.5. The number of aromatic amines is 1. The molecule has 1 atom stereocenters. The Bertz CT molecular complexity index is 1340. The average molecular weight is 456 g/mol. The van der Waals surface area contributed by atoms with Crippen molar-refractivity contribution in [3.05, 3.63) is 95.2 Å². The number of rotatable bonds is 8. The zero-order valence-electron chi connectivity index (χ0n) is 19.2. The first-order valence-corrected chi connectivity index (χ1v) is 11.6. The molecule has 0 fully saturated rings. The zero-order valence-corrected chi connectivity index (χ0v) is 19.2. The molecular formula is C27H29N5O2. The number of amides is 1. The molecule has 7 nitrogen and oxygen atoms in total. The third-order valence-electron chi connectivity index (χ3n) is 6.80. The van der Waals surface area contributed by atoms with Gasteiger partial charge >= 0.3 is 0 Å². The summed E-state index contributed by atoms with van der Waals surface area (Å²) in [5.74, 6) is 0.527. The number of aromatic nitrogens is 3. The van der Waals surface area contributed by atoms with E-state index in [1.807, 2.05) is 25.5 Å². The fraction of sp³-hybridized carbons (Fsp3) is 0.259. The maximum atomic E-state index is 11.3. The molecule has 0 radical (unpaired) electrons. The first kappa shape index (κ1) is 22.1. The van der Waals surface area contributed by atoms with Gasteiger partial charge in [-0.15, -0.1) is 0 Å². The van der Waals surface area contributed by atoms with Gasteiger partial charge < -0.3 is 9.55 Å². The number of benzene rings is 2. The number of H-pyrrole nitrogens is 1. The van der Waals surface area contributed by atoms with Crippen molar-refractivity contribution >= 4 is 22.9 Å². The Morgan fingerprint density at radius 3 is 3.03 bits per heavy atom. The molecule has 0 saturated carbocycles. The van der Waals surface area contributed by atoms with E-state index in [-0.39, 0.29) is 0 Å². The summed E-state index contributed by atoms with van der Waals surface area (Å²) in [7, 11) is 2.05. The van der Waals surface area contributed by atoms with E-state index < -0.39 is 5.91 Å². The number of imidazole rings is 1. The molecule has 0 bridgehead atoms. The van der Waals surface area contributed by atoms with E-state index in [1.165, 1.54) is 33.7 Å². The quantitative estimate of drug-likeness (QED) is 0.212. The van der Waals surface area contributed by atoms with Gasteiger partial charge in [0.05, 0.1) is 6.54 Å². The van der Waals surface area contributed by atoms with Crippen LogP contribution in [0, 0.1) is 0 Å². The Hall–Kier alpha value is -3.68. The maximum Gasteiger partial charge on any atom is 0.267 e. The van der Waals surface area contributed by atoms with E-state index in [4.69, 9.17) is 5.21 Å². The van der Waals surface area contributed by atoms with Crippen LogP contribution in [0.5, 0.6) is 0 Å². The molecule has 3 N–H and O–H groups in total. The van der Waals surface area contributed by atoms with Crippen LogP contribution in [0.15, 0.2) is 67.1 Å². The van der Waals surface area contributed by atoms with E-state index in [1.54, 1.807) is 11.6 Å². The van der Waals surface area contributed by atoms with Crippen LogP contribution in [0.2, 0.25) is 0 Å². The van der Waals surface area contributed by atoms with E-state index in [0.717, 1.165) is 43.7 Å². The van der Waals surface area contributed by atoms with Gasteiger partial charge in [-0.25, -0.2) is 10.5 Å². The van der Waals surface area contributed by atoms with Crippen molar-refractivity contribution in [2.75, 3.05) is 6.54 Å². The number of aryl methyl sites for hydroxylation is 2. The number of para-hydroxylation sites is 1. The monoisotopic (exact) mass is 455 g/mol. The molecule has 1 unspecified atom stereocenters. The number of hydroxylamine groups is 1. The predicted molar refractivity (Wildman–Crippen MR) is 132 cm³/mol. The smallest absolute Gasteiger partial charge is 0.267 e. The van der Waals surface area contributed by atoms with Gasteiger partial charge in [-0.3, -0.25) is 14.9 Å². The Labute approximate surface area is 198 Å². The maximum absolute atomic E-state index is 11.3. The number of carbonyl (C=O) groups is 1. The minimum atomic E-state index is -0.531. The molecule has 5 rings (SSSR count). The van der Waals surface area contributed by atoms with Crippen LogP contribution >= 0.6 is 0 Å². The van der Waals surface area contributed by atoms with Crippen LogP contribution in [0.3, 0.4) is 0 Å². The summed E-state index contributed by atoms with van der Waals surface area (Å²) in [6, 6.07) is 15.1. The second kappa shape index (κ2) is 9.67. The second-order valence-electron chi connectivity index (χ2n) is 8.86. The van der Waals surface area contributed by atoms with Crippen molar-refractivity contribution in [3.63, 3.8) is 0 Å². The number of nitrogens with one attached hydrogen (secondary N) is 2. The fourth-order valence-corrected chi connectivity index (χ4v) is 4.99. The SMILES string of the molecule is Cn1ccnc1CN(CCc1c[nH]c2ccccc12)C1CCc2cc(/C=C/C(=O)NO)ccc21. The molecule has 0 spiro atoms. The largest absolute Gasteiger partial charge is 0.361 e. The Morgan fingerprint density at radius 1 is 1.32 bits per heavy atom. The lowest BCUT2D eigenvalue weighted by Gasteiger charge is -2.29. The molecule has 0 saturated heterocycles. The number of nitrogens with zero attached hydrogens (tertiary/aromatic N) is 3. The molecule has 34 heavy (non-hydrogen) atoms. The van der Waals surface area contributed by atoms with Crippen LogP contribution in [-0.4, -0.2) is 37.1 Å². The van der Waals surface area contributed by atoms with Gasteiger partial charge in [-0.2, -0.15) is 0 Å². The third-order valence-corrected chi connectivity index (χ3v) is 6.80. The molecule has 7 heteroatoms. The molecule has 1 aliphatic rings. The Kier molecular flexibility index (Phi) is 6.29. The van der Waals surface area contributed by atoms with Gasteiger partial charge in [0.25, 0.3) is 5.91 Å². The summed E-state index contributed by atoms with van der Waals surface area (Å²) in [6.07, 6.45) is 12.1. The lowest BCUT2D eigenvalue weighted by atomic mass is 10.0. The summed E-state index contributed by atoms with van der Waals surface area (Å²) in [5, 5.41) is 9.99. The standard InChI is InChI=1S/C27H29N5O2/c1-31-15-13-28-26(31)18-32(14-12-21-17-29-24-5-3-2-4-22(21)24)25-10-8-20-16-19(6-9-23(20)25)7-11-27(33)30-34/h2-7,9,11,13,15-17,25,29,34H,8,10,12,14,18H2,1H3,(H,30,33)/b11-7+. The van der Waals surface area contributed by atoms with Crippen LogP contribution in [0.1, 0.15) is 40.5 Å². The third kappa shape index (κ3) is 4.53. The summed E-state index contributed by atoms with van der Waals surface area (Å²) < 4.78 is 2.09. The van der Waals surface area contributed by atoms with Crippen LogP contribution in [0.25, 0.3) is 17.0 Å². The van der Waals surface area contributed by atoms with Crippen molar-refractivity contribution in [2.24, 2.45) is 7.05 Å². The second-order valence-corrected chi connectivity index (χ2v) is 8.86. The van der Waals surface area contributed by atoms with E-state index >= 15 is 0 Å². The summed E-state index contributed by atoms with van der Waals surface area (Å²) in [4.78, 5) is 21.9. The molecule has 1 amide bonds. The molecule has 2 heterocycles. The molecular weight excluding hydrogens is 426 g/mol. The number of carbonyl (C=O) groups excluding carboxylic acids is 1. The lowest BCUT2D eigenvalue weighted by molar-refractivity contribution is -0.124. The molecule has 0 aliphatic heterocycles. The molecule has 2 aromatic heterocycles. The molecule has 174 valence electrons. The highest BCUT2D eigenvalue weighted by Crippen LogP contribution is 2.37. The van der Waals surface area contributed by atoms with Gasteiger partial charge in [0.2, 0.25) is 0 Å². The lowest BCUT2D eigenvalue weighted by Crippen LogP contribution is -2.30.